The molecule has 1 aromatic heterocycles. The summed E-state index contributed by atoms with van der Waals surface area (Å²) in [5.41, 5.74) is 0.814. The molecule has 0 spiro atoms. The van der Waals surface area contributed by atoms with Crippen LogP contribution in [0.1, 0.15) is 17.1 Å². The van der Waals surface area contributed by atoms with Crippen molar-refractivity contribution >= 4 is 12.0 Å². The summed E-state index contributed by atoms with van der Waals surface area (Å²) >= 11 is 0. The fraction of sp³-hybridized carbons (Fsp3) is 0.176. The molecule has 118 valence electrons. The second-order valence-electron chi connectivity index (χ2n) is 4.66. The first kappa shape index (κ1) is 16.3. The Kier molecular flexibility index (Phi) is 5.56. The predicted molar refractivity (Wildman–Crippen MR) is 83.1 cm³/mol. The van der Waals surface area contributed by atoms with Crippen molar-refractivity contribution in [1.82, 2.24) is 5.32 Å². The highest BCUT2D eigenvalue weighted by atomic mass is 16.5. The summed E-state index contributed by atoms with van der Waals surface area (Å²) in [6, 6.07) is 12.2. The number of nitriles is 1. The fourth-order valence-electron chi connectivity index (χ4n) is 1.87. The first-order valence-electron chi connectivity index (χ1n) is 6.88. The molecule has 2 rings (SSSR count). The Labute approximate surface area is 133 Å². The van der Waals surface area contributed by atoms with Crippen molar-refractivity contribution in [2.75, 3.05) is 7.11 Å². The zero-order valence-electron chi connectivity index (χ0n) is 12.6. The number of carbonyl (C=O) groups is 1. The third kappa shape index (κ3) is 4.46. The van der Waals surface area contributed by atoms with Crippen LogP contribution < -0.4 is 10.1 Å². The van der Waals surface area contributed by atoms with E-state index in [1.165, 1.54) is 6.08 Å². The van der Waals surface area contributed by atoms with Crippen LogP contribution in [0.25, 0.3) is 6.08 Å². The fourth-order valence-corrected chi connectivity index (χ4v) is 1.87. The molecule has 0 saturated carbocycles. The molecule has 23 heavy (non-hydrogen) atoms. The Bertz CT molecular complexity index is 739. The topological polar surface area (TPSA) is 95.5 Å². The Morgan fingerprint density at radius 1 is 1.35 bits per heavy atom. The number of amides is 1. The maximum absolute atomic E-state index is 12.0. The number of aliphatic hydroxyl groups is 1. The molecular weight excluding hydrogens is 296 g/mol. The van der Waals surface area contributed by atoms with Gasteiger partial charge in [-0.15, -0.1) is 0 Å². The average Bonchev–Trinajstić information content (AvgIpc) is 3.05. The van der Waals surface area contributed by atoms with Gasteiger partial charge in [0, 0.05) is 12.6 Å². The van der Waals surface area contributed by atoms with Crippen LogP contribution in [-0.4, -0.2) is 18.1 Å². The lowest BCUT2D eigenvalue weighted by molar-refractivity contribution is -0.117. The summed E-state index contributed by atoms with van der Waals surface area (Å²) in [7, 11) is 1.58. The van der Waals surface area contributed by atoms with Crippen molar-refractivity contribution in [3.8, 4) is 11.8 Å². The van der Waals surface area contributed by atoms with Crippen molar-refractivity contribution in [2.24, 2.45) is 0 Å². The van der Waals surface area contributed by atoms with Gasteiger partial charge in [-0.25, -0.2) is 0 Å². The van der Waals surface area contributed by atoms with E-state index in [0.717, 1.165) is 11.3 Å². The van der Waals surface area contributed by atoms with E-state index in [9.17, 15) is 4.79 Å². The smallest absolute Gasteiger partial charge is 0.262 e. The summed E-state index contributed by atoms with van der Waals surface area (Å²) in [5.74, 6) is 0.942. The lowest BCUT2D eigenvalue weighted by atomic mass is 10.2. The number of methoxy groups -OCH3 is 1. The number of rotatable bonds is 6. The highest BCUT2D eigenvalue weighted by Gasteiger charge is 2.10. The Balaban J connectivity index is 2.00. The van der Waals surface area contributed by atoms with Crippen molar-refractivity contribution in [3.63, 3.8) is 0 Å². The van der Waals surface area contributed by atoms with Gasteiger partial charge in [-0.1, -0.05) is 12.1 Å². The molecule has 0 atom stereocenters. The van der Waals surface area contributed by atoms with Crippen LogP contribution in [0, 0.1) is 11.3 Å². The standard InChI is InChI=1S/C17H16N2O4/c1-22-14-4-2-12(3-5-14)10-19-17(21)13(9-18)8-15-6-7-16(11-20)23-15/h2-8,20H,10-11H2,1H3,(H,19,21)/b13-8+. The maximum atomic E-state index is 12.0. The average molecular weight is 312 g/mol. The van der Waals surface area contributed by atoms with Gasteiger partial charge < -0.3 is 19.6 Å². The molecular formula is C17H16N2O4. The molecule has 6 heteroatoms. The first-order valence-corrected chi connectivity index (χ1v) is 6.88. The number of nitrogens with one attached hydrogen (secondary N) is 1. The highest BCUT2D eigenvalue weighted by Crippen LogP contribution is 2.13. The van der Waals surface area contributed by atoms with Crippen LogP contribution in [0.4, 0.5) is 0 Å². The molecule has 1 aromatic carbocycles. The van der Waals surface area contributed by atoms with Gasteiger partial charge in [-0.2, -0.15) is 5.26 Å². The third-order valence-electron chi connectivity index (χ3n) is 3.10. The van der Waals surface area contributed by atoms with E-state index in [-0.39, 0.29) is 12.2 Å². The zero-order chi connectivity index (χ0) is 16.7. The van der Waals surface area contributed by atoms with Crippen LogP contribution >= 0.6 is 0 Å². The minimum atomic E-state index is -0.495. The number of ether oxygens (including phenoxy) is 1. The van der Waals surface area contributed by atoms with Crippen LogP contribution in [0.15, 0.2) is 46.4 Å². The number of aliphatic hydroxyl groups excluding tert-OH is 1. The third-order valence-corrected chi connectivity index (χ3v) is 3.10. The Hall–Kier alpha value is -3.04. The summed E-state index contributed by atoms with van der Waals surface area (Å²) < 4.78 is 10.3. The summed E-state index contributed by atoms with van der Waals surface area (Å²) in [6.07, 6.45) is 1.34. The van der Waals surface area contributed by atoms with E-state index < -0.39 is 5.91 Å². The minimum absolute atomic E-state index is 0.0719. The van der Waals surface area contributed by atoms with Gasteiger partial charge in [0.25, 0.3) is 5.91 Å². The van der Waals surface area contributed by atoms with Crippen molar-refractivity contribution in [2.45, 2.75) is 13.2 Å². The van der Waals surface area contributed by atoms with Crippen LogP contribution in [-0.2, 0) is 17.9 Å². The SMILES string of the molecule is COc1ccc(CNC(=O)/C(C#N)=C/c2ccc(CO)o2)cc1. The molecule has 0 fully saturated rings. The minimum Gasteiger partial charge on any atom is -0.497 e. The van der Waals surface area contributed by atoms with Gasteiger partial charge in [-0.05, 0) is 29.8 Å². The van der Waals surface area contributed by atoms with E-state index in [2.05, 4.69) is 5.32 Å². The molecule has 0 unspecified atom stereocenters. The van der Waals surface area contributed by atoms with Crippen molar-refractivity contribution in [1.29, 1.82) is 5.26 Å². The molecule has 1 amide bonds. The van der Waals surface area contributed by atoms with E-state index in [4.69, 9.17) is 19.5 Å². The monoisotopic (exact) mass is 312 g/mol. The number of hydrogen-bond donors (Lipinski definition) is 2. The van der Waals surface area contributed by atoms with Crippen molar-refractivity contribution in [3.05, 3.63) is 59.1 Å². The Morgan fingerprint density at radius 3 is 2.65 bits per heavy atom. The van der Waals surface area contributed by atoms with Gasteiger partial charge in [-0.3, -0.25) is 4.79 Å². The van der Waals surface area contributed by atoms with Crippen molar-refractivity contribution < 1.29 is 19.1 Å². The molecule has 6 nitrogen and oxygen atoms in total. The second kappa shape index (κ2) is 7.82. The molecule has 0 aliphatic rings. The molecule has 0 bridgehead atoms. The lowest BCUT2D eigenvalue weighted by Crippen LogP contribution is -2.23. The molecule has 2 N–H and O–H groups in total. The maximum Gasteiger partial charge on any atom is 0.262 e. The van der Waals surface area contributed by atoms with Gasteiger partial charge in [0.1, 0.15) is 35.5 Å². The second-order valence-corrected chi connectivity index (χ2v) is 4.66. The normalized spacial score (nSPS) is 10.9. The Morgan fingerprint density at radius 2 is 2.09 bits per heavy atom. The number of hydrogen-bond acceptors (Lipinski definition) is 5. The van der Waals surface area contributed by atoms with E-state index in [0.29, 0.717) is 18.1 Å². The molecule has 0 aliphatic heterocycles. The van der Waals surface area contributed by atoms with Crippen LogP contribution in [0.5, 0.6) is 5.75 Å². The quantitative estimate of drug-likeness (QED) is 0.628. The van der Waals surface area contributed by atoms with Crippen LogP contribution in [0.2, 0.25) is 0 Å². The van der Waals surface area contributed by atoms with Gasteiger partial charge >= 0.3 is 0 Å². The van der Waals surface area contributed by atoms with E-state index in [1.54, 1.807) is 31.4 Å². The highest BCUT2D eigenvalue weighted by molar-refractivity contribution is 6.01. The van der Waals surface area contributed by atoms with Gasteiger partial charge in [0.2, 0.25) is 0 Å². The molecule has 1 heterocycles. The van der Waals surface area contributed by atoms with E-state index >= 15 is 0 Å². The lowest BCUT2D eigenvalue weighted by Gasteiger charge is -2.05. The molecule has 0 saturated heterocycles. The molecule has 0 aliphatic carbocycles. The predicted octanol–water partition coefficient (Wildman–Crippen LogP) is 2.00. The summed E-state index contributed by atoms with van der Waals surface area (Å²) in [6.45, 7) is 0.0568. The summed E-state index contributed by atoms with van der Waals surface area (Å²) in [5, 5.41) is 20.7. The number of furan rings is 1. The number of benzene rings is 1. The number of carbonyl (C=O) groups excluding carboxylic acids is 1. The summed E-state index contributed by atoms with van der Waals surface area (Å²) in [4.78, 5) is 12.0. The molecule has 2 aromatic rings. The largest absolute Gasteiger partial charge is 0.497 e. The van der Waals surface area contributed by atoms with Gasteiger partial charge in [0.15, 0.2) is 0 Å². The van der Waals surface area contributed by atoms with E-state index in [1.807, 2.05) is 18.2 Å². The van der Waals surface area contributed by atoms with Gasteiger partial charge in [0.05, 0.1) is 7.11 Å². The van der Waals surface area contributed by atoms with Crippen LogP contribution in [0.3, 0.4) is 0 Å². The number of nitrogens with zero attached hydrogens (tertiary/aromatic N) is 1. The first-order chi connectivity index (χ1) is 11.2. The molecule has 0 radical (unpaired) electrons. The zero-order valence-corrected chi connectivity index (χ0v) is 12.6.